The third-order valence-electron chi connectivity index (χ3n) is 8.08. The molecule has 38 heavy (non-hydrogen) atoms. The molecule has 2 aliphatic heterocycles. The fourth-order valence-electron chi connectivity index (χ4n) is 6.11. The molecule has 0 saturated carbocycles. The number of piperazine rings is 1. The van der Waals surface area contributed by atoms with Gasteiger partial charge in [-0.1, -0.05) is 30.3 Å². The summed E-state index contributed by atoms with van der Waals surface area (Å²) in [6.07, 6.45) is 0.428. The zero-order valence-electron chi connectivity index (χ0n) is 21.4. The summed E-state index contributed by atoms with van der Waals surface area (Å²) in [6, 6.07) is 20.3. The average Bonchev–Trinajstić information content (AvgIpc) is 3.32. The van der Waals surface area contributed by atoms with Gasteiger partial charge in [0.1, 0.15) is 24.2 Å². The van der Waals surface area contributed by atoms with Crippen LogP contribution in [-0.4, -0.2) is 50.3 Å². The number of hydrogen-bond donors (Lipinski definition) is 3. The average molecular weight is 516 g/mol. The number of nitrogens with two attached hydrogens (primary N) is 1. The van der Waals surface area contributed by atoms with E-state index < -0.39 is 12.0 Å². The number of fused-ring (bicyclic) bond motifs is 3. The largest absolute Gasteiger partial charge is 0.544 e. The Kier molecular flexibility index (Phi) is 6.51. The summed E-state index contributed by atoms with van der Waals surface area (Å²) >= 11 is 0. The summed E-state index contributed by atoms with van der Waals surface area (Å²) in [5.41, 5.74) is 5.89. The third kappa shape index (κ3) is 4.50. The van der Waals surface area contributed by atoms with Crippen LogP contribution in [0.3, 0.4) is 0 Å². The van der Waals surface area contributed by atoms with E-state index >= 15 is 0 Å². The van der Waals surface area contributed by atoms with E-state index in [2.05, 4.69) is 16.0 Å². The molecule has 1 fully saturated rings. The van der Waals surface area contributed by atoms with Gasteiger partial charge in [0.05, 0.1) is 50.6 Å². The lowest BCUT2D eigenvalue weighted by Crippen LogP contribution is -3.13. The Bertz CT molecular complexity index is 1480. The van der Waals surface area contributed by atoms with E-state index in [1.54, 1.807) is 13.2 Å². The van der Waals surface area contributed by atoms with Crippen molar-refractivity contribution in [3.8, 4) is 5.75 Å². The standard InChI is InChI=1S/C30H31FN4O3/c1-38-27-11-10-19(16-20(27)18-34-12-14-35(15-13-34)26-9-5-3-7-23(26)31)28-29-22(17-25(33-28)30(36)37)21-6-2-4-8-24(21)32-29/h2-11,16,25,28,32-33H,12-15,17-18H2,1H3,(H,36,37)/p+1/t25-,28+/m1/s1. The lowest BCUT2D eigenvalue weighted by molar-refractivity contribution is -0.914. The number of nitrogens with one attached hydrogen (secondary N) is 2. The molecule has 1 saturated heterocycles. The predicted molar refractivity (Wildman–Crippen MR) is 141 cm³/mol. The maximum Gasteiger partial charge on any atom is 0.153 e. The molecule has 7 nitrogen and oxygen atoms in total. The first kappa shape index (κ1) is 24.5. The highest BCUT2D eigenvalue weighted by Gasteiger charge is 2.35. The summed E-state index contributed by atoms with van der Waals surface area (Å²) in [6.45, 7) is 4.10. The highest BCUT2D eigenvalue weighted by atomic mass is 19.1. The van der Waals surface area contributed by atoms with E-state index in [4.69, 9.17) is 4.74 Å². The smallest absolute Gasteiger partial charge is 0.153 e. The molecular formula is C30H32FN4O3+. The lowest BCUT2D eigenvalue weighted by atomic mass is 9.89. The van der Waals surface area contributed by atoms with Gasteiger partial charge in [-0.05, 0) is 42.0 Å². The Hall–Kier alpha value is -3.88. The Morgan fingerprint density at radius 3 is 2.66 bits per heavy atom. The number of carboxylic acids is 1. The highest BCUT2D eigenvalue weighted by molar-refractivity contribution is 5.86. The van der Waals surface area contributed by atoms with Gasteiger partial charge in [0, 0.05) is 28.5 Å². The van der Waals surface area contributed by atoms with Crippen LogP contribution >= 0.6 is 0 Å². The number of aromatic amines is 1. The highest BCUT2D eigenvalue weighted by Crippen LogP contribution is 2.33. The summed E-state index contributed by atoms with van der Waals surface area (Å²) in [7, 11) is 1.68. The van der Waals surface area contributed by atoms with Gasteiger partial charge in [0.15, 0.2) is 6.04 Å². The molecule has 3 aromatic carbocycles. The van der Waals surface area contributed by atoms with Gasteiger partial charge in [-0.25, -0.2) is 4.39 Å². The molecule has 4 N–H and O–H groups in total. The second-order valence-corrected chi connectivity index (χ2v) is 10.3. The summed E-state index contributed by atoms with van der Waals surface area (Å²) in [5.74, 6) is -0.404. The number of methoxy groups -OCH3 is 1. The van der Waals surface area contributed by atoms with Crippen LogP contribution in [-0.2, 0) is 17.8 Å². The fourth-order valence-corrected chi connectivity index (χ4v) is 6.11. The van der Waals surface area contributed by atoms with Crippen molar-refractivity contribution in [3.63, 3.8) is 0 Å². The molecular weight excluding hydrogens is 483 g/mol. The maximum absolute atomic E-state index is 14.3. The number of aromatic nitrogens is 1. The van der Waals surface area contributed by atoms with Crippen molar-refractivity contribution in [2.24, 2.45) is 0 Å². The topological polar surface area (TPSA) is 89.4 Å². The van der Waals surface area contributed by atoms with Crippen LogP contribution in [0.4, 0.5) is 10.1 Å². The second kappa shape index (κ2) is 10.1. The Morgan fingerprint density at radius 1 is 1.13 bits per heavy atom. The summed E-state index contributed by atoms with van der Waals surface area (Å²) in [5, 5.41) is 14.9. The fraction of sp³-hybridized carbons (Fsp3) is 0.300. The monoisotopic (exact) mass is 515 g/mol. The third-order valence-corrected chi connectivity index (χ3v) is 8.08. The Balaban J connectivity index is 1.27. The van der Waals surface area contributed by atoms with Crippen LogP contribution in [0.25, 0.3) is 10.9 Å². The van der Waals surface area contributed by atoms with E-state index in [1.165, 1.54) is 11.0 Å². The Labute approximate surface area is 220 Å². The molecule has 2 atom stereocenters. The number of rotatable bonds is 6. The molecule has 0 spiro atoms. The van der Waals surface area contributed by atoms with Crippen LogP contribution in [0.2, 0.25) is 0 Å². The second-order valence-electron chi connectivity index (χ2n) is 10.3. The molecule has 0 radical (unpaired) electrons. The molecule has 3 heterocycles. The van der Waals surface area contributed by atoms with Crippen molar-refractivity contribution < 1.29 is 29.2 Å². The van der Waals surface area contributed by atoms with Crippen molar-refractivity contribution in [2.75, 3.05) is 38.2 Å². The molecule has 196 valence electrons. The van der Waals surface area contributed by atoms with Crippen molar-refractivity contribution in [2.45, 2.75) is 25.0 Å². The van der Waals surface area contributed by atoms with Crippen LogP contribution in [0.1, 0.15) is 28.4 Å². The molecule has 1 aromatic heterocycles. The number of halogens is 1. The van der Waals surface area contributed by atoms with E-state index in [-0.39, 0.29) is 11.9 Å². The zero-order valence-corrected chi connectivity index (χ0v) is 21.4. The molecule has 0 unspecified atom stereocenters. The van der Waals surface area contributed by atoms with E-state index in [1.807, 2.05) is 53.8 Å². The van der Waals surface area contributed by atoms with Crippen LogP contribution in [0, 0.1) is 5.82 Å². The predicted octanol–water partition coefficient (Wildman–Crippen LogP) is 0.548. The van der Waals surface area contributed by atoms with Gasteiger partial charge in [-0.2, -0.15) is 0 Å². The number of hydrogen-bond acceptors (Lipinski definition) is 4. The van der Waals surface area contributed by atoms with Gasteiger partial charge in [-0.15, -0.1) is 0 Å². The summed E-state index contributed by atoms with van der Waals surface area (Å²) in [4.78, 5) is 19.1. The number of benzene rings is 3. The van der Waals surface area contributed by atoms with Crippen molar-refractivity contribution >= 4 is 22.6 Å². The van der Waals surface area contributed by atoms with Crippen molar-refractivity contribution in [1.29, 1.82) is 0 Å². The molecule has 0 aliphatic carbocycles. The number of carboxylic acid groups (broad SMARTS) is 1. The number of carbonyl (C=O) groups is 1. The minimum atomic E-state index is -1.04. The lowest BCUT2D eigenvalue weighted by Gasteiger charge is -2.34. The van der Waals surface area contributed by atoms with Crippen LogP contribution in [0.5, 0.6) is 5.75 Å². The number of H-pyrrole nitrogens is 1. The number of ether oxygens (including phenoxy) is 1. The molecule has 6 rings (SSSR count). The normalized spacial score (nSPS) is 19.9. The van der Waals surface area contributed by atoms with Gasteiger partial charge in [0.25, 0.3) is 0 Å². The number of anilines is 1. The molecule has 0 amide bonds. The van der Waals surface area contributed by atoms with Crippen LogP contribution in [0.15, 0.2) is 66.7 Å². The zero-order chi connectivity index (χ0) is 26.2. The summed E-state index contributed by atoms with van der Waals surface area (Å²) < 4.78 is 20.0. The minimum absolute atomic E-state index is 0.180. The minimum Gasteiger partial charge on any atom is -0.544 e. The van der Waals surface area contributed by atoms with E-state index in [0.717, 1.165) is 71.8 Å². The number of carbonyl (C=O) groups excluding carboxylic acids is 1. The molecule has 8 heteroatoms. The van der Waals surface area contributed by atoms with Crippen molar-refractivity contribution in [3.05, 3.63) is 94.9 Å². The number of para-hydroxylation sites is 2. The van der Waals surface area contributed by atoms with Crippen molar-refractivity contribution in [1.82, 2.24) is 4.98 Å². The first-order valence-corrected chi connectivity index (χ1v) is 13.2. The van der Waals surface area contributed by atoms with E-state index in [9.17, 15) is 14.3 Å². The maximum atomic E-state index is 14.3. The molecule has 0 bridgehead atoms. The number of quaternary nitrogens is 2. The van der Waals surface area contributed by atoms with Gasteiger partial charge in [0.2, 0.25) is 0 Å². The molecule has 4 aromatic rings. The SMILES string of the molecule is COc1ccc([C@@H]2[NH2+][C@@H](C(=O)[O-])Cc3c2[nH]c2ccccc32)cc1C[NH+]1CCN(c2ccccc2F)CC1. The Morgan fingerprint density at radius 2 is 1.89 bits per heavy atom. The van der Waals surface area contributed by atoms with Gasteiger partial charge in [-0.3, -0.25) is 0 Å². The van der Waals surface area contributed by atoms with Gasteiger partial charge >= 0.3 is 0 Å². The number of nitrogens with zero attached hydrogens (tertiary/aromatic N) is 1. The van der Waals surface area contributed by atoms with E-state index in [0.29, 0.717) is 12.1 Å². The quantitative estimate of drug-likeness (QED) is 0.350. The van der Waals surface area contributed by atoms with Crippen LogP contribution < -0.4 is 25.0 Å². The van der Waals surface area contributed by atoms with Gasteiger partial charge < -0.3 is 34.7 Å². The number of aliphatic carboxylic acids is 1. The molecule has 2 aliphatic rings. The first-order valence-electron chi connectivity index (χ1n) is 13.2. The first-order chi connectivity index (χ1) is 18.5.